The van der Waals surface area contributed by atoms with E-state index in [0.717, 1.165) is 32.5 Å². The molecular formula is C11H23N3O. The van der Waals surface area contributed by atoms with Crippen LogP contribution in [0.2, 0.25) is 0 Å². The Hall–Kier alpha value is -0.610. The smallest absolute Gasteiger partial charge is 0.239 e. The van der Waals surface area contributed by atoms with Crippen molar-refractivity contribution in [1.29, 1.82) is 0 Å². The number of rotatable bonds is 3. The van der Waals surface area contributed by atoms with Crippen LogP contribution in [-0.4, -0.2) is 54.5 Å². The molecule has 0 aromatic carbocycles. The lowest BCUT2D eigenvalue weighted by Gasteiger charge is -2.36. The number of piperidine rings is 1. The van der Waals surface area contributed by atoms with E-state index in [1.54, 1.807) is 6.92 Å². The summed E-state index contributed by atoms with van der Waals surface area (Å²) in [4.78, 5) is 15.9. The van der Waals surface area contributed by atoms with Crippen LogP contribution in [-0.2, 0) is 4.79 Å². The number of likely N-dealkylation sites (tertiary alicyclic amines) is 1. The molecule has 4 heteroatoms. The number of likely N-dealkylation sites (N-methyl/N-ethyl adjacent to an activating group) is 1. The second kappa shape index (κ2) is 5.47. The first-order valence-electron chi connectivity index (χ1n) is 5.80. The van der Waals surface area contributed by atoms with Crippen LogP contribution in [0.3, 0.4) is 0 Å². The number of nitrogens with zero attached hydrogens (tertiary/aromatic N) is 2. The van der Waals surface area contributed by atoms with E-state index >= 15 is 0 Å². The lowest BCUT2D eigenvalue weighted by molar-refractivity contribution is -0.133. The summed E-state index contributed by atoms with van der Waals surface area (Å²) >= 11 is 0. The lowest BCUT2D eigenvalue weighted by Crippen LogP contribution is -2.49. The lowest BCUT2D eigenvalue weighted by atomic mass is 10.0. The molecule has 4 nitrogen and oxygen atoms in total. The van der Waals surface area contributed by atoms with Gasteiger partial charge in [0.1, 0.15) is 0 Å². The molecule has 0 aromatic heterocycles. The predicted molar refractivity (Wildman–Crippen MR) is 61.6 cm³/mol. The van der Waals surface area contributed by atoms with Gasteiger partial charge in [0.15, 0.2) is 0 Å². The van der Waals surface area contributed by atoms with E-state index in [1.807, 2.05) is 11.9 Å². The summed E-state index contributed by atoms with van der Waals surface area (Å²) in [6.07, 6.45) is 2.14. The fourth-order valence-corrected chi connectivity index (χ4v) is 2.12. The Balaban J connectivity index is 2.42. The molecule has 88 valence electrons. The number of carbonyl (C=O) groups is 1. The molecule has 0 aromatic rings. The van der Waals surface area contributed by atoms with Gasteiger partial charge >= 0.3 is 0 Å². The molecule has 0 unspecified atom stereocenters. The minimum Gasteiger partial charge on any atom is -0.341 e. The zero-order chi connectivity index (χ0) is 11.4. The normalized spacial score (nSPS) is 21.3. The summed E-state index contributed by atoms with van der Waals surface area (Å²) in [5.74, 6) is 0.0601. The van der Waals surface area contributed by atoms with Gasteiger partial charge in [-0.25, -0.2) is 0 Å². The van der Waals surface area contributed by atoms with Crippen LogP contribution >= 0.6 is 0 Å². The van der Waals surface area contributed by atoms with Crippen molar-refractivity contribution in [3.05, 3.63) is 0 Å². The van der Waals surface area contributed by atoms with E-state index in [-0.39, 0.29) is 11.9 Å². The molecule has 1 rings (SSSR count). The first-order valence-corrected chi connectivity index (χ1v) is 5.80. The molecule has 2 N–H and O–H groups in total. The molecule has 1 aliphatic heterocycles. The van der Waals surface area contributed by atoms with Crippen molar-refractivity contribution in [3.63, 3.8) is 0 Å². The van der Waals surface area contributed by atoms with Gasteiger partial charge in [0, 0.05) is 26.2 Å². The Bertz CT molecular complexity index is 210. The fraction of sp³-hybridized carbons (Fsp3) is 0.909. The summed E-state index contributed by atoms with van der Waals surface area (Å²) in [5, 5.41) is 0. The van der Waals surface area contributed by atoms with E-state index in [1.165, 1.54) is 0 Å². The average Bonchev–Trinajstić information content (AvgIpc) is 2.27. The molecule has 0 bridgehead atoms. The molecule has 0 spiro atoms. The van der Waals surface area contributed by atoms with Gasteiger partial charge in [-0.3, -0.25) is 4.79 Å². The standard InChI is InChI=1S/C11H23N3O/c1-4-14-7-5-10(6-8-14)13(3)11(15)9(2)12/h9-10H,4-8,12H2,1-3H3/t9-/m0/s1. The maximum atomic E-state index is 11.7. The molecule has 1 amide bonds. The minimum atomic E-state index is -0.376. The third-order valence-corrected chi connectivity index (χ3v) is 3.29. The average molecular weight is 213 g/mol. The molecule has 1 aliphatic rings. The van der Waals surface area contributed by atoms with Gasteiger partial charge in [0.2, 0.25) is 5.91 Å². The van der Waals surface area contributed by atoms with E-state index in [9.17, 15) is 4.79 Å². The predicted octanol–water partition coefficient (Wildman–Crippen LogP) is 0.276. The molecule has 1 atom stereocenters. The van der Waals surface area contributed by atoms with Crippen molar-refractivity contribution in [2.24, 2.45) is 5.73 Å². The minimum absolute atomic E-state index is 0.0601. The number of hydrogen-bond donors (Lipinski definition) is 1. The van der Waals surface area contributed by atoms with Crippen molar-refractivity contribution in [1.82, 2.24) is 9.80 Å². The summed E-state index contributed by atoms with van der Waals surface area (Å²) in [6, 6.07) is 0.00510. The molecule has 15 heavy (non-hydrogen) atoms. The molecular weight excluding hydrogens is 190 g/mol. The topological polar surface area (TPSA) is 49.6 Å². The van der Waals surface area contributed by atoms with Gasteiger partial charge in [-0.05, 0) is 26.3 Å². The Morgan fingerprint density at radius 3 is 2.47 bits per heavy atom. The highest BCUT2D eigenvalue weighted by molar-refractivity contribution is 5.81. The van der Waals surface area contributed by atoms with Crippen LogP contribution in [0.4, 0.5) is 0 Å². The van der Waals surface area contributed by atoms with Crippen molar-refractivity contribution in [2.75, 3.05) is 26.7 Å². The third kappa shape index (κ3) is 3.18. The molecule has 1 saturated heterocycles. The second-order valence-electron chi connectivity index (χ2n) is 4.40. The Morgan fingerprint density at radius 1 is 1.53 bits per heavy atom. The van der Waals surface area contributed by atoms with Gasteiger partial charge in [-0.1, -0.05) is 6.92 Å². The van der Waals surface area contributed by atoms with Crippen LogP contribution in [0.1, 0.15) is 26.7 Å². The van der Waals surface area contributed by atoms with Gasteiger partial charge in [0.05, 0.1) is 6.04 Å². The molecule has 0 radical (unpaired) electrons. The van der Waals surface area contributed by atoms with Gasteiger partial charge in [-0.15, -0.1) is 0 Å². The molecule has 1 fully saturated rings. The Morgan fingerprint density at radius 2 is 2.07 bits per heavy atom. The SMILES string of the molecule is CCN1CCC(N(C)C(=O)[C@H](C)N)CC1. The number of nitrogens with two attached hydrogens (primary N) is 1. The zero-order valence-electron chi connectivity index (χ0n) is 10.1. The van der Waals surface area contributed by atoms with E-state index in [2.05, 4.69) is 11.8 Å². The monoisotopic (exact) mass is 213 g/mol. The zero-order valence-corrected chi connectivity index (χ0v) is 10.1. The van der Waals surface area contributed by atoms with Crippen molar-refractivity contribution < 1.29 is 4.79 Å². The van der Waals surface area contributed by atoms with Gasteiger partial charge in [0.25, 0.3) is 0 Å². The maximum Gasteiger partial charge on any atom is 0.239 e. The number of hydrogen-bond acceptors (Lipinski definition) is 3. The highest BCUT2D eigenvalue weighted by Crippen LogP contribution is 2.15. The fourth-order valence-electron chi connectivity index (χ4n) is 2.12. The van der Waals surface area contributed by atoms with Crippen LogP contribution in [0, 0.1) is 0 Å². The number of amides is 1. The summed E-state index contributed by atoms with van der Waals surface area (Å²) in [7, 11) is 1.87. The van der Waals surface area contributed by atoms with Gasteiger partial charge < -0.3 is 15.5 Å². The molecule has 0 saturated carbocycles. The first-order chi connectivity index (χ1) is 7.06. The Kier molecular flexibility index (Phi) is 4.54. The van der Waals surface area contributed by atoms with Crippen molar-refractivity contribution in [2.45, 2.75) is 38.8 Å². The third-order valence-electron chi connectivity index (χ3n) is 3.29. The quantitative estimate of drug-likeness (QED) is 0.732. The van der Waals surface area contributed by atoms with Crippen LogP contribution < -0.4 is 5.73 Å². The van der Waals surface area contributed by atoms with Gasteiger partial charge in [-0.2, -0.15) is 0 Å². The molecule has 1 heterocycles. The summed E-state index contributed by atoms with van der Waals surface area (Å²) < 4.78 is 0. The van der Waals surface area contributed by atoms with Crippen LogP contribution in [0.15, 0.2) is 0 Å². The van der Waals surface area contributed by atoms with E-state index in [0.29, 0.717) is 6.04 Å². The maximum absolute atomic E-state index is 11.7. The largest absolute Gasteiger partial charge is 0.341 e. The second-order valence-corrected chi connectivity index (χ2v) is 4.40. The van der Waals surface area contributed by atoms with Crippen molar-refractivity contribution in [3.8, 4) is 0 Å². The van der Waals surface area contributed by atoms with E-state index < -0.39 is 0 Å². The van der Waals surface area contributed by atoms with Crippen LogP contribution in [0.5, 0.6) is 0 Å². The summed E-state index contributed by atoms with van der Waals surface area (Å²) in [6.45, 7) is 7.23. The first kappa shape index (κ1) is 12.5. The molecule has 0 aliphatic carbocycles. The van der Waals surface area contributed by atoms with E-state index in [4.69, 9.17) is 5.73 Å². The Labute approximate surface area is 92.4 Å². The highest BCUT2D eigenvalue weighted by Gasteiger charge is 2.25. The van der Waals surface area contributed by atoms with Crippen molar-refractivity contribution >= 4 is 5.91 Å². The number of carbonyl (C=O) groups excluding carboxylic acids is 1. The summed E-state index contributed by atoms with van der Waals surface area (Å²) in [5.41, 5.74) is 5.60. The van der Waals surface area contributed by atoms with Crippen LogP contribution in [0.25, 0.3) is 0 Å². The highest BCUT2D eigenvalue weighted by atomic mass is 16.2.